The third-order valence-electron chi connectivity index (χ3n) is 14.0. The van der Waals surface area contributed by atoms with E-state index in [0.717, 1.165) is 38.5 Å². The van der Waals surface area contributed by atoms with Gasteiger partial charge in [-0.1, -0.05) is 147 Å². The number of benzene rings is 4. The summed E-state index contributed by atoms with van der Waals surface area (Å²) in [6.07, 6.45) is 39.7. The second kappa shape index (κ2) is 14.3. The first kappa shape index (κ1) is 35.4. The van der Waals surface area contributed by atoms with Crippen molar-refractivity contribution < 1.29 is 0 Å². The molecule has 2 aliphatic heterocycles. The van der Waals surface area contributed by atoms with E-state index in [1.165, 1.54) is 84.5 Å². The molecule has 0 spiro atoms. The third-order valence-corrected chi connectivity index (χ3v) is 14.0. The molecular formula is C56H50N4. The van der Waals surface area contributed by atoms with E-state index in [2.05, 4.69) is 203 Å². The number of nitrogens with zero attached hydrogens (tertiary/aromatic N) is 3. The van der Waals surface area contributed by atoms with E-state index in [4.69, 9.17) is 0 Å². The smallest absolute Gasteiger partial charge is 0.130 e. The Balaban J connectivity index is 1.01. The number of fused-ring (bicyclic) bond motifs is 9. The lowest BCUT2D eigenvalue weighted by molar-refractivity contribution is 0.693. The van der Waals surface area contributed by atoms with E-state index >= 15 is 0 Å². The molecule has 4 aromatic carbocycles. The van der Waals surface area contributed by atoms with Crippen LogP contribution < -0.4 is 15.1 Å². The lowest BCUT2D eigenvalue weighted by Crippen LogP contribution is -2.34. The van der Waals surface area contributed by atoms with Crippen molar-refractivity contribution >= 4 is 40.6 Å². The molecule has 5 atom stereocenters. The molecule has 0 fully saturated rings. The summed E-state index contributed by atoms with van der Waals surface area (Å²) in [5, 5.41) is 3.93. The molecule has 0 bridgehead atoms. The maximum atomic E-state index is 3.93. The van der Waals surface area contributed by atoms with E-state index in [9.17, 15) is 0 Å². The number of para-hydroxylation sites is 1. The number of aromatic nitrogens is 1. The van der Waals surface area contributed by atoms with Gasteiger partial charge in [0, 0.05) is 51.7 Å². The van der Waals surface area contributed by atoms with Gasteiger partial charge in [-0.15, -0.1) is 0 Å². The fraction of sp³-hybridized carbons (Fsp3) is 0.214. The van der Waals surface area contributed by atoms with Gasteiger partial charge in [0.15, 0.2) is 0 Å². The molecule has 294 valence electrons. The van der Waals surface area contributed by atoms with Crippen LogP contribution >= 0.6 is 0 Å². The normalized spacial score (nSPS) is 24.1. The Hall–Kier alpha value is -6.52. The van der Waals surface area contributed by atoms with Gasteiger partial charge in [0.2, 0.25) is 0 Å². The molecule has 0 saturated heterocycles. The van der Waals surface area contributed by atoms with Gasteiger partial charge in [-0.25, -0.2) is 0 Å². The van der Waals surface area contributed by atoms with Crippen molar-refractivity contribution in [3.05, 3.63) is 209 Å². The Morgan fingerprint density at radius 3 is 2.43 bits per heavy atom. The maximum absolute atomic E-state index is 3.93. The molecule has 0 saturated carbocycles. The second-order valence-electron chi connectivity index (χ2n) is 17.5. The van der Waals surface area contributed by atoms with Gasteiger partial charge in [0.05, 0.1) is 28.8 Å². The van der Waals surface area contributed by atoms with E-state index in [0.29, 0.717) is 11.8 Å². The van der Waals surface area contributed by atoms with Gasteiger partial charge in [0.1, 0.15) is 6.17 Å². The number of allylic oxidation sites excluding steroid dienone is 12. The minimum atomic E-state index is 0.0283. The van der Waals surface area contributed by atoms with Crippen LogP contribution in [0.1, 0.15) is 102 Å². The van der Waals surface area contributed by atoms with Crippen molar-refractivity contribution in [3.8, 4) is 11.3 Å². The molecule has 4 heteroatoms. The SMILES string of the molecule is CC1CC=Cc2c3c(n(C4=CCC(c5cccc6c5C=CCC6)C=C4)c21)-c1ccccc1N(c1ccc2c(c1)N(C1=CC=CCC1)C(c1ccccc1)N2)C1C=CC=CC31. The molecule has 5 unspecified atom stereocenters. The topological polar surface area (TPSA) is 23.4 Å². The molecule has 0 radical (unpaired) electrons. The van der Waals surface area contributed by atoms with Gasteiger partial charge in [0.25, 0.3) is 0 Å². The predicted molar refractivity (Wildman–Crippen MR) is 252 cm³/mol. The van der Waals surface area contributed by atoms with Crippen LogP contribution in [0.5, 0.6) is 0 Å². The summed E-state index contributed by atoms with van der Waals surface area (Å²) < 4.78 is 2.68. The summed E-state index contributed by atoms with van der Waals surface area (Å²) in [4.78, 5) is 5.20. The van der Waals surface area contributed by atoms with Crippen molar-refractivity contribution in [3.63, 3.8) is 0 Å². The fourth-order valence-corrected chi connectivity index (χ4v) is 11.3. The van der Waals surface area contributed by atoms with Crippen molar-refractivity contribution in [1.29, 1.82) is 0 Å². The van der Waals surface area contributed by atoms with Crippen LogP contribution in [0.3, 0.4) is 0 Å². The highest BCUT2D eigenvalue weighted by molar-refractivity contribution is 5.93. The molecule has 1 N–H and O–H groups in total. The largest absolute Gasteiger partial charge is 0.359 e. The average molecular weight is 779 g/mol. The van der Waals surface area contributed by atoms with Gasteiger partial charge in [-0.3, -0.25) is 0 Å². The van der Waals surface area contributed by atoms with Crippen LogP contribution in [0, 0.1) is 0 Å². The van der Waals surface area contributed by atoms with Crippen LogP contribution in [-0.4, -0.2) is 10.6 Å². The summed E-state index contributed by atoms with van der Waals surface area (Å²) >= 11 is 0. The van der Waals surface area contributed by atoms with E-state index in [1.807, 2.05) is 0 Å². The second-order valence-corrected chi connectivity index (χ2v) is 17.5. The predicted octanol–water partition coefficient (Wildman–Crippen LogP) is 14.1. The zero-order valence-corrected chi connectivity index (χ0v) is 34.2. The van der Waals surface area contributed by atoms with Gasteiger partial charge >= 0.3 is 0 Å². The monoisotopic (exact) mass is 778 g/mol. The van der Waals surface area contributed by atoms with Crippen LogP contribution in [0.25, 0.3) is 29.1 Å². The molecule has 0 amide bonds. The number of anilines is 4. The molecule has 1 aromatic heterocycles. The van der Waals surface area contributed by atoms with Gasteiger partial charge in [-0.2, -0.15) is 0 Å². The molecule has 3 heterocycles. The fourth-order valence-electron chi connectivity index (χ4n) is 11.3. The molecule has 60 heavy (non-hydrogen) atoms. The lowest BCUT2D eigenvalue weighted by Gasteiger charge is -2.37. The van der Waals surface area contributed by atoms with Crippen LogP contribution in [0.15, 0.2) is 170 Å². The summed E-state index contributed by atoms with van der Waals surface area (Å²) in [6.45, 7) is 2.42. The lowest BCUT2D eigenvalue weighted by atomic mass is 9.82. The summed E-state index contributed by atoms with van der Waals surface area (Å²) in [5.74, 6) is 0.913. The maximum Gasteiger partial charge on any atom is 0.130 e. The summed E-state index contributed by atoms with van der Waals surface area (Å²) in [6, 6.07) is 34.3. The number of aryl methyl sites for hydroxylation is 1. The van der Waals surface area contributed by atoms with E-state index in [1.54, 1.807) is 0 Å². The molecular weight excluding hydrogens is 729 g/mol. The number of hydrogen-bond acceptors (Lipinski definition) is 3. The zero-order valence-electron chi connectivity index (χ0n) is 34.2. The summed E-state index contributed by atoms with van der Waals surface area (Å²) in [7, 11) is 0. The van der Waals surface area contributed by atoms with E-state index in [-0.39, 0.29) is 18.1 Å². The van der Waals surface area contributed by atoms with E-state index < -0.39 is 0 Å². The Bertz CT molecular complexity index is 2800. The number of hydrogen-bond donors (Lipinski definition) is 1. The summed E-state index contributed by atoms with van der Waals surface area (Å²) in [5.41, 5.74) is 20.1. The van der Waals surface area contributed by atoms with Crippen molar-refractivity contribution in [1.82, 2.24) is 4.57 Å². The van der Waals surface area contributed by atoms with Crippen molar-refractivity contribution in [2.24, 2.45) is 0 Å². The van der Waals surface area contributed by atoms with Crippen LogP contribution in [0.4, 0.5) is 22.7 Å². The quantitative estimate of drug-likeness (QED) is 0.192. The first-order valence-corrected chi connectivity index (χ1v) is 22.2. The Labute approximate surface area is 354 Å². The molecule has 12 rings (SSSR count). The minimum absolute atomic E-state index is 0.0283. The minimum Gasteiger partial charge on any atom is -0.359 e. The highest BCUT2D eigenvalue weighted by Gasteiger charge is 2.42. The van der Waals surface area contributed by atoms with Crippen molar-refractivity contribution in [2.45, 2.75) is 75.4 Å². The van der Waals surface area contributed by atoms with Crippen LogP contribution in [-0.2, 0) is 6.42 Å². The molecule has 4 nitrogen and oxygen atoms in total. The number of rotatable bonds is 5. The Kier molecular flexibility index (Phi) is 8.47. The first-order chi connectivity index (χ1) is 29.7. The van der Waals surface area contributed by atoms with Crippen molar-refractivity contribution in [2.75, 3.05) is 15.1 Å². The Morgan fingerprint density at radius 1 is 0.683 bits per heavy atom. The molecule has 5 aromatic rings. The zero-order chi connectivity index (χ0) is 39.7. The number of nitrogens with one attached hydrogen (secondary N) is 1. The Morgan fingerprint density at radius 2 is 1.55 bits per heavy atom. The highest BCUT2D eigenvalue weighted by Crippen LogP contribution is 2.55. The van der Waals surface area contributed by atoms with Gasteiger partial charge in [-0.05, 0) is 103 Å². The van der Waals surface area contributed by atoms with Crippen LogP contribution in [0.2, 0.25) is 0 Å². The molecule has 5 aliphatic carbocycles. The molecule has 7 aliphatic rings. The first-order valence-electron chi connectivity index (χ1n) is 22.2. The van der Waals surface area contributed by atoms with Gasteiger partial charge < -0.3 is 19.7 Å². The highest BCUT2D eigenvalue weighted by atomic mass is 15.3. The third kappa shape index (κ3) is 5.57. The average Bonchev–Trinajstić information content (AvgIpc) is 3.83. The standard InChI is InChI=1S/C56H50N4/c1-37-16-14-27-48-53-46-24-10-12-28-50(46)58(43-34-35-49-52(36-43)59(41-21-6-3-7-22-41)56(57-49)40-18-4-2-5-19-40)51-29-13-11-25-47(51)55(53)60(54(37)48)42-32-30-39(31-33-42)45-26-15-20-38-17-8-9-23-44(38)45/h2-6,9-15,18-21,23-30,32-37,39,46,50,56-57H,7-8,16-17,22,31H2,1H3.